The summed E-state index contributed by atoms with van der Waals surface area (Å²) in [6.45, 7) is 3.13. The van der Waals surface area contributed by atoms with Gasteiger partial charge in [0.25, 0.3) is 5.89 Å². The zero-order valence-corrected chi connectivity index (χ0v) is 16.7. The van der Waals surface area contributed by atoms with Gasteiger partial charge < -0.3 is 18.7 Å². The van der Waals surface area contributed by atoms with E-state index in [4.69, 9.17) is 18.7 Å². The highest BCUT2D eigenvalue weighted by molar-refractivity contribution is 5.55. The molecule has 0 bridgehead atoms. The van der Waals surface area contributed by atoms with E-state index in [0.717, 1.165) is 43.1 Å². The zero-order chi connectivity index (χ0) is 20.1. The summed E-state index contributed by atoms with van der Waals surface area (Å²) in [4.78, 5) is 6.71. The minimum atomic E-state index is 0.185. The van der Waals surface area contributed by atoms with Gasteiger partial charge in [-0.25, -0.2) is 0 Å². The van der Waals surface area contributed by atoms with Crippen LogP contribution in [0.1, 0.15) is 17.9 Å². The Morgan fingerprint density at radius 1 is 1.10 bits per heavy atom. The van der Waals surface area contributed by atoms with Crippen molar-refractivity contribution in [1.29, 1.82) is 0 Å². The van der Waals surface area contributed by atoms with Crippen LogP contribution in [-0.2, 0) is 17.9 Å². The fourth-order valence-corrected chi connectivity index (χ4v) is 3.50. The average Bonchev–Trinajstić information content (AvgIpc) is 3.39. The minimum Gasteiger partial charge on any atom is -0.497 e. The lowest BCUT2D eigenvalue weighted by Crippen LogP contribution is -2.24. The van der Waals surface area contributed by atoms with Crippen LogP contribution in [0.5, 0.6) is 11.5 Å². The van der Waals surface area contributed by atoms with Crippen molar-refractivity contribution in [3.05, 3.63) is 60.0 Å². The van der Waals surface area contributed by atoms with Crippen LogP contribution in [0.3, 0.4) is 0 Å². The van der Waals surface area contributed by atoms with Crippen LogP contribution in [-0.4, -0.2) is 48.5 Å². The highest BCUT2D eigenvalue weighted by Gasteiger charge is 2.24. The maximum atomic E-state index is 6.17. The fourth-order valence-electron chi connectivity index (χ4n) is 3.50. The van der Waals surface area contributed by atoms with Crippen molar-refractivity contribution in [1.82, 2.24) is 15.0 Å². The second-order valence-corrected chi connectivity index (χ2v) is 7.08. The molecule has 0 amide bonds. The van der Waals surface area contributed by atoms with E-state index >= 15 is 0 Å². The van der Waals surface area contributed by atoms with Crippen LogP contribution in [0.15, 0.2) is 53.1 Å². The van der Waals surface area contributed by atoms with Gasteiger partial charge in [0, 0.05) is 32.3 Å². The molecule has 2 aromatic carbocycles. The highest BCUT2D eigenvalue weighted by Crippen LogP contribution is 2.24. The van der Waals surface area contributed by atoms with Gasteiger partial charge in [0.15, 0.2) is 0 Å². The van der Waals surface area contributed by atoms with Gasteiger partial charge in [-0.1, -0.05) is 17.3 Å². The number of aromatic nitrogens is 2. The van der Waals surface area contributed by atoms with Crippen molar-refractivity contribution in [2.75, 3.05) is 27.3 Å². The Kier molecular flexibility index (Phi) is 6.07. The first-order valence-electron chi connectivity index (χ1n) is 9.67. The standard InChI is InChI=1S/C22H25N3O4/c1-26-15-21-23-22(24-29-21)17-6-8-18(9-7-17)28-20-10-11-25(14-20)13-16-4-3-5-19(12-16)27-2/h3-9,12,20H,10-11,13-15H2,1-2H3. The summed E-state index contributed by atoms with van der Waals surface area (Å²) in [5.74, 6) is 2.76. The molecular formula is C22H25N3O4. The van der Waals surface area contributed by atoms with Gasteiger partial charge >= 0.3 is 0 Å². The van der Waals surface area contributed by atoms with Gasteiger partial charge in [0.05, 0.1) is 7.11 Å². The van der Waals surface area contributed by atoms with Gasteiger partial charge in [-0.15, -0.1) is 0 Å². The first kappa shape index (κ1) is 19.4. The Morgan fingerprint density at radius 3 is 2.76 bits per heavy atom. The van der Waals surface area contributed by atoms with Crippen LogP contribution in [0, 0.1) is 0 Å². The molecule has 1 aromatic heterocycles. The summed E-state index contributed by atoms with van der Waals surface area (Å²) in [6.07, 6.45) is 1.20. The van der Waals surface area contributed by atoms with Crippen molar-refractivity contribution in [2.45, 2.75) is 25.7 Å². The molecule has 152 valence electrons. The normalized spacial score (nSPS) is 16.8. The van der Waals surface area contributed by atoms with Gasteiger partial charge in [0.2, 0.25) is 5.82 Å². The summed E-state index contributed by atoms with van der Waals surface area (Å²) in [7, 11) is 3.29. The zero-order valence-electron chi connectivity index (χ0n) is 16.7. The molecule has 1 aliphatic rings. The number of methoxy groups -OCH3 is 2. The lowest BCUT2D eigenvalue weighted by atomic mass is 10.2. The average molecular weight is 395 g/mol. The van der Waals surface area contributed by atoms with Gasteiger partial charge in [-0.3, -0.25) is 4.90 Å². The molecule has 0 saturated carbocycles. The van der Waals surface area contributed by atoms with Crippen LogP contribution in [0.25, 0.3) is 11.4 Å². The summed E-state index contributed by atoms with van der Waals surface area (Å²) >= 11 is 0. The van der Waals surface area contributed by atoms with E-state index in [9.17, 15) is 0 Å². The number of benzene rings is 2. The van der Waals surface area contributed by atoms with E-state index in [1.54, 1.807) is 14.2 Å². The summed E-state index contributed by atoms with van der Waals surface area (Å²) in [5, 5.41) is 3.98. The monoisotopic (exact) mass is 395 g/mol. The number of ether oxygens (including phenoxy) is 3. The van der Waals surface area contributed by atoms with E-state index in [-0.39, 0.29) is 6.10 Å². The van der Waals surface area contributed by atoms with E-state index in [2.05, 4.69) is 27.2 Å². The van der Waals surface area contributed by atoms with Gasteiger partial charge in [0.1, 0.15) is 24.2 Å². The maximum absolute atomic E-state index is 6.17. The highest BCUT2D eigenvalue weighted by atomic mass is 16.5. The molecule has 7 heteroatoms. The molecule has 0 radical (unpaired) electrons. The van der Waals surface area contributed by atoms with E-state index in [1.807, 2.05) is 36.4 Å². The number of likely N-dealkylation sites (tertiary alicyclic amines) is 1. The minimum absolute atomic E-state index is 0.185. The molecular weight excluding hydrogens is 370 g/mol. The second-order valence-electron chi connectivity index (χ2n) is 7.08. The summed E-state index contributed by atoms with van der Waals surface area (Å²) in [5.41, 5.74) is 2.14. The molecule has 0 aliphatic carbocycles. The van der Waals surface area contributed by atoms with E-state index in [0.29, 0.717) is 18.3 Å². The number of hydrogen-bond acceptors (Lipinski definition) is 7. The van der Waals surface area contributed by atoms with Crippen LogP contribution >= 0.6 is 0 Å². The molecule has 3 aromatic rings. The number of nitrogens with zero attached hydrogens (tertiary/aromatic N) is 3. The lowest BCUT2D eigenvalue weighted by Gasteiger charge is -2.17. The second kappa shape index (κ2) is 9.07. The van der Waals surface area contributed by atoms with Crippen LogP contribution in [0.2, 0.25) is 0 Å². The Hall–Kier alpha value is -2.90. The largest absolute Gasteiger partial charge is 0.497 e. The molecule has 1 unspecified atom stereocenters. The molecule has 0 spiro atoms. The van der Waals surface area contributed by atoms with Gasteiger partial charge in [-0.05, 0) is 48.4 Å². The Labute approximate surface area is 170 Å². The first-order chi connectivity index (χ1) is 14.2. The molecule has 2 heterocycles. The third-order valence-electron chi connectivity index (χ3n) is 4.92. The third kappa shape index (κ3) is 4.93. The van der Waals surface area contributed by atoms with Crippen molar-refractivity contribution in [2.24, 2.45) is 0 Å². The fraction of sp³-hybridized carbons (Fsp3) is 0.364. The molecule has 1 saturated heterocycles. The molecule has 1 atom stereocenters. The molecule has 0 N–H and O–H groups in total. The smallest absolute Gasteiger partial charge is 0.252 e. The topological polar surface area (TPSA) is 69.9 Å². The predicted octanol–water partition coefficient (Wildman–Crippen LogP) is 3.54. The van der Waals surface area contributed by atoms with E-state index in [1.165, 1.54) is 5.56 Å². The summed E-state index contributed by atoms with van der Waals surface area (Å²) < 4.78 is 21.6. The molecule has 4 rings (SSSR count). The predicted molar refractivity (Wildman–Crippen MR) is 108 cm³/mol. The summed E-state index contributed by atoms with van der Waals surface area (Å²) in [6, 6.07) is 16.0. The molecule has 1 fully saturated rings. The van der Waals surface area contributed by atoms with E-state index < -0.39 is 0 Å². The quantitative estimate of drug-likeness (QED) is 0.578. The molecule has 1 aliphatic heterocycles. The number of hydrogen-bond donors (Lipinski definition) is 0. The van der Waals surface area contributed by atoms with Crippen molar-refractivity contribution in [3.63, 3.8) is 0 Å². The van der Waals surface area contributed by atoms with Crippen LogP contribution in [0.4, 0.5) is 0 Å². The third-order valence-corrected chi connectivity index (χ3v) is 4.92. The van der Waals surface area contributed by atoms with Crippen molar-refractivity contribution < 1.29 is 18.7 Å². The van der Waals surface area contributed by atoms with Crippen molar-refractivity contribution in [3.8, 4) is 22.9 Å². The Bertz CT molecular complexity index is 926. The van der Waals surface area contributed by atoms with Crippen molar-refractivity contribution >= 4 is 0 Å². The maximum Gasteiger partial charge on any atom is 0.252 e. The SMILES string of the molecule is COCc1nc(-c2ccc(OC3CCN(Cc4cccc(OC)c4)C3)cc2)no1. The lowest BCUT2D eigenvalue weighted by molar-refractivity contribution is 0.151. The molecule has 7 nitrogen and oxygen atoms in total. The first-order valence-corrected chi connectivity index (χ1v) is 9.67. The Balaban J connectivity index is 1.31. The molecule has 29 heavy (non-hydrogen) atoms. The van der Waals surface area contributed by atoms with Crippen LogP contribution < -0.4 is 9.47 Å². The van der Waals surface area contributed by atoms with Gasteiger partial charge in [-0.2, -0.15) is 4.98 Å². The number of rotatable bonds is 8. The Morgan fingerprint density at radius 2 is 1.97 bits per heavy atom.